The maximum atomic E-state index is 5.83. The van der Waals surface area contributed by atoms with Gasteiger partial charge in [0.15, 0.2) is 0 Å². The van der Waals surface area contributed by atoms with Crippen molar-refractivity contribution >= 4 is 15.9 Å². The van der Waals surface area contributed by atoms with E-state index in [1.807, 2.05) is 31.2 Å². The molecule has 4 heteroatoms. The molecule has 0 bridgehead atoms. The Labute approximate surface area is 128 Å². The first-order valence-corrected chi connectivity index (χ1v) is 7.89. The van der Waals surface area contributed by atoms with E-state index >= 15 is 0 Å². The minimum absolute atomic E-state index is 0.655. The van der Waals surface area contributed by atoms with Gasteiger partial charge in [0.05, 0.1) is 5.69 Å². The molecule has 106 valence electrons. The summed E-state index contributed by atoms with van der Waals surface area (Å²) < 4.78 is 6.90. The van der Waals surface area contributed by atoms with E-state index in [4.69, 9.17) is 4.42 Å². The van der Waals surface area contributed by atoms with E-state index in [2.05, 4.69) is 32.7 Å². The van der Waals surface area contributed by atoms with Crippen molar-refractivity contribution in [1.82, 2.24) is 9.88 Å². The second kappa shape index (κ2) is 5.70. The lowest BCUT2D eigenvalue weighted by Gasteiger charge is -2.19. The molecule has 3 nitrogen and oxygen atoms in total. The molecule has 20 heavy (non-hydrogen) atoms. The van der Waals surface area contributed by atoms with E-state index in [1.165, 1.54) is 19.4 Å². The Morgan fingerprint density at radius 3 is 2.75 bits per heavy atom. The van der Waals surface area contributed by atoms with Crippen molar-refractivity contribution in [2.75, 3.05) is 6.54 Å². The van der Waals surface area contributed by atoms with Crippen LogP contribution in [0.25, 0.3) is 11.5 Å². The Bertz CT molecular complexity index is 591. The lowest BCUT2D eigenvalue weighted by atomic mass is 10.2. The van der Waals surface area contributed by atoms with Gasteiger partial charge in [-0.3, -0.25) is 4.90 Å². The summed E-state index contributed by atoms with van der Waals surface area (Å²) in [4.78, 5) is 7.17. The highest BCUT2D eigenvalue weighted by molar-refractivity contribution is 9.10. The Hall–Kier alpha value is -1.13. The molecule has 1 aliphatic rings. The highest BCUT2D eigenvalue weighted by Crippen LogP contribution is 2.26. The molecule has 1 fully saturated rings. The number of oxazole rings is 1. The van der Waals surface area contributed by atoms with Crippen LogP contribution in [0.1, 0.15) is 31.2 Å². The predicted molar refractivity (Wildman–Crippen MR) is 83.5 cm³/mol. The zero-order chi connectivity index (χ0) is 14.1. The van der Waals surface area contributed by atoms with Crippen LogP contribution in [-0.2, 0) is 6.54 Å². The van der Waals surface area contributed by atoms with Crippen molar-refractivity contribution in [3.63, 3.8) is 0 Å². The van der Waals surface area contributed by atoms with Crippen molar-refractivity contribution < 1.29 is 4.42 Å². The number of likely N-dealkylation sites (tertiary alicyclic amines) is 1. The topological polar surface area (TPSA) is 29.3 Å². The van der Waals surface area contributed by atoms with Gasteiger partial charge in [0.2, 0.25) is 5.89 Å². The number of hydrogen-bond donors (Lipinski definition) is 0. The third-order valence-electron chi connectivity index (χ3n) is 4.03. The number of benzene rings is 1. The van der Waals surface area contributed by atoms with E-state index in [1.54, 1.807) is 0 Å². The molecular weight excluding hydrogens is 316 g/mol. The molecule has 0 spiro atoms. The number of aromatic nitrogens is 1. The minimum atomic E-state index is 0.655. The minimum Gasteiger partial charge on any atom is -0.441 e. The van der Waals surface area contributed by atoms with Gasteiger partial charge in [-0.25, -0.2) is 4.98 Å². The molecule has 1 saturated heterocycles. The summed E-state index contributed by atoms with van der Waals surface area (Å²) in [5.41, 5.74) is 2.09. The molecule has 2 heterocycles. The Kier molecular flexibility index (Phi) is 3.94. The van der Waals surface area contributed by atoms with Gasteiger partial charge in [0.1, 0.15) is 5.76 Å². The molecule has 0 aliphatic carbocycles. The quantitative estimate of drug-likeness (QED) is 0.833. The lowest BCUT2D eigenvalue weighted by molar-refractivity contribution is 0.256. The standard InChI is InChI=1S/C16H19BrN2O/c1-11-4-3-9-19(11)10-15-12(2)20-16(18-15)13-5-7-14(17)8-6-13/h5-8,11H,3-4,9-10H2,1-2H3/t11-/m1/s1. The second-order valence-electron chi connectivity index (χ2n) is 5.49. The predicted octanol–water partition coefficient (Wildman–Crippen LogP) is 4.40. The largest absolute Gasteiger partial charge is 0.441 e. The summed E-state index contributed by atoms with van der Waals surface area (Å²) >= 11 is 3.44. The Morgan fingerprint density at radius 2 is 2.10 bits per heavy atom. The van der Waals surface area contributed by atoms with Crippen LogP contribution >= 0.6 is 15.9 Å². The molecule has 0 radical (unpaired) electrons. The zero-order valence-corrected chi connectivity index (χ0v) is 13.5. The van der Waals surface area contributed by atoms with Crippen LogP contribution in [0.2, 0.25) is 0 Å². The van der Waals surface area contributed by atoms with Crippen LogP contribution in [-0.4, -0.2) is 22.5 Å². The van der Waals surface area contributed by atoms with Crippen LogP contribution in [0.15, 0.2) is 33.2 Å². The molecule has 0 unspecified atom stereocenters. The summed E-state index contributed by atoms with van der Waals surface area (Å²) in [5, 5.41) is 0. The van der Waals surface area contributed by atoms with E-state index in [0.29, 0.717) is 6.04 Å². The molecule has 0 saturated carbocycles. The number of halogens is 1. The van der Waals surface area contributed by atoms with Crippen LogP contribution in [0.4, 0.5) is 0 Å². The summed E-state index contributed by atoms with van der Waals surface area (Å²) in [6.45, 7) is 6.36. The number of aryl methyl sites for hydroxylation is 1. The molecule has 1 aromatic heterocycles. The number of nitrogens with zero attached hydrogens (tertiary/aromatic N) is 2. The van der Waals surface area contributed by atoms with E-state index in [-0.39, 0.29) is 0 Å². The van der Waals surface area contributed by atoms with Crippen molar-refractivity contribution in [1.29, 1.82) is 0 Å². The van der Waals surface area contributed by atoms with Crippen LogP contribution < -0.4 is 0 Å². The maximum absolute atomic E-state index is 5.83. The molecule has 0 amide bonds. The smallest absolute Gasteiger partial charge is 0.226 e. The average Bonchev–Trinajstić information content (AvgIpc) is 2.99. The van der Waals surface area contributed by atoms with Crippen molar-refractivity contribution in [3.8, 4) is 11.5 Å². The molecular formula is C16H19BrN2O. The van der Waals surface area contributed by atoms with Gasteiger partial charge in [-0.1, -0.05) is 15.9 Å². The maximum Gasteiger partial charge on any atom is 0.226 e. The zero-order valence-electron chi connectivity index (χ0n) is 11.9. The van der Waals surface area contributed by atoms with Gasteiger partial charge >= 0.3 is 0 Å². The molecule has 1 atom stereocenters. The van der Waals surface area contributed by atoms with E-state index in [9.17, 15) is 0 Å². The average molecular weight is 335 g/mol. The number of hydrogen-bond acceptors (Lipinski definition) is 3. The van der Waals surface area contributed by atoms with Crippen LogP contribution in [0.3, 0.4) is 0 Å². The highest BCUT2D eigenvalue weighted by Gasteiger charge is 2.22. The van der Waals surface area contributed by atoms with Crippen LogP contribution in [0, 0.1) is 6.92 Å². The SMILES string of the molecule is Cc1oc(-c2ccc(Br)cc2)nc1CN1CCC[C@H]1C. The van der Waals surface area contributed by atoms with Crippen molar-refractivity contribution in [2.45, 2.75) is 39.3 Å². The van der Waals surface area contributed by atoms with Crippen molar-refractivity contribution in [3.05, 3.63) is 40.2 Å². The lowest BCUT2D eigenvalue weighted by Crippen LogP contribution is -2.26. The van der Waals surface area contributed by atoms with Gasteiger partial charge in [-0.05, 0) is 57.5 Å². The third kappa shape index (κ3) is 2.81. The first kappa shape index (κ1) is 13.8. The first-order chi connectivity index (χ1) is 9.63. The summed E-state index contributed by atoms with van der Waals surface area (Å²) in [6, 6.07) is 8.73. The second-order valence-corrected chi connectivity index (χ2v) is 6.41. The summed E-state index contributed by atoms with van der Waals surface area (Å²) in [6.07, 6.45) is 2.58. The van der Waals surface area contributed by atoms with Gasteiger partial charge in [-0.15, -0.1) is 0 Å². The van der Waals surface area contributed by atoms with Gasteiger partial charge < -0.3 is 4.42 Å². The molecule has 1 aromatic carbocycles. The third-order valence-corrected chi connectivity index (χ3v) is 4.56. The summed E-state index contributed by atoms with van der Waals surface area (Å²) in [5.74, 6) is 1.65. The van der Waals surface area contributed by atoms with Gasteiger partial charge in [0, 0.05) is 22.6 Å². The van der Waals surface area contributed by atoms with E-state index in [0.717, 1.165) is 33.9 Å². The highest BCUT2D eigenvalue weighted by atomic mass is 79.9. The van der Waals surface area contributed by atoms with Crippen molar-refractivity contribution in [2.24, 2.45) is 0 Å². The molecule has 3 rings (SSSR count). The first-order valence-electron chi connectivity index (χ1n) is 7.10. The van der Waals surface area contributed by atoms with E-state index < -0.39 is 0 Å². The molecule has 2 aromatic rings. The fourth-order valence-electron chi connectivity index (χ4n) is 2.71. The number of rotatable bonds is 3. The van der Waals surface area contributed by atoms with Crippen LogP contribution in [0.5, 0.6) is 0 Å². The monoisotopic (exact) mass is 334 g/mol. The summed E-state index contributed by atoms with van der Waals surface area (Å²) in [7, 11) is 0. The molecule has 0 N–H and O–H groups in total. The van der Waals surface area contributed by atoms with Gasteiger partial charge in [-0.2, -0.15) is 0 Å². The normalized spacial score (nSPS) is 19.6. The fraction of sp³-hybridized carbons (Fsp3) is 0.438. The Morgan fingerprint density at radius 1 is 1.35 bits per heavy atom. The fourth-order valence-corrected chi connectivity index (χ4v) is 2.98. The Balaban J connectivity index is 1.81. The van der Waals surface area contributed by atoms with Gasteiger partial charge in [0.25, 0.3) is 0 Å². The molecule has 1 aliphatic heterocycles.